The molecule has 2 rings (SSSR count). The smallest absolute Gasteiger partial charge is 0.270 e. The summed E-state index contributed by atoms with van der Waals surface area (Å²) >= 11 is 17.8. The Morgan fingerprint density at radius 1 is 1.04 bits per heavy atom. The number of benzene rings is 2. The van der Waals surface area contributed by atoms with Crippen molar-refractivity contribution in [2.24, 2.45) is 0 Å². The van der Waals surface area contributed by atoms with Gasteiger partial charge in [-0.05, 0) is 24.3 Å². The van der Waals surface area contributed by atoms with E-state index in [0.717, 1.165) is 6.26 Å². The third-order valence-corrected chi connectivity index (χ3v) is 4.81. The van der Waals surface area contributed by atoms with E-state index < -0.39 is 15.7 Å². The lowest BCUT2D eigenvalue weighted by Gasteiger charge is -2.13. The van der Waals surface area contributed by atoms with E-state index in [1.54, 1.807) is 6.07 Å². The first-order valence-electron chi connectivity index (χ1n) is 6.20. The van der Waals surface area contributed by atoms with Gasteiger partial charge < -0.3 is 0 Å². The quantitative estimate of drug-likeness (QED) is 0.775. The molecule has 0 saturated carbocycles. The summed E-state index contributed by atoms with van der Waals surface area (Å²) in [4.78, 5) is 12.1. The van der Waals surface area contributed by atoms with Crippen molar-refractivity contribution in [3.8, 4) is 0 Å². The molecule has 0 aliphatic carbocycles. The molecule has 0 spiro atoms. The molecule has 9 heteroatoms. The van der Waals surface area contributed by atoms with Gasteiger partial charge >= 0.3 is 0 Å². The van der Waals surface area contributed by atoms with Crippen LogP contribution in [-0.4, -0.2) is 20.6 Å². The van der Waals surface area contributed by atoms with Crippen molar-refractivity contribution < 1.29 is 13.2 Å². The van der Waals surface area contributed by atoms with E-state index in [9.17, 15) is 13.2 Å². The van der Waals surface area contributed by atoms with Gasteiger partial charge in [0.1, 0.15) is 0 Å². The van der Waals surface area contributed by atoms with Gasteiger partial charge in [0, 0.05) is 11.3 Å². The van der Waals surface area contributed by atoms with Crippen LogP contribution in [0.3, 0.4) is 0 Å². The molecule has 2 N–H and O–H groups in total. The van der Waals surface area contributed by atoms with Crippen LogP contribution in [0.2, 0.25) is 15.1 Å². The Kier molecular flexibility index (Phi) is 5.41. The van der Waals surface area contributed by atoms with E-state index in [0.29, 0.717) is 5.02 Å². The van der Waals surface area contributed by atoms with Crippen molar-refractivity contribution in [1.82, 2.24) is 5.43 Å². The van der Waals surface area contributed by atoms with Gasteiger partial charge in [-0.25, -0.2) is 8.42 Å². The van der Waals surface area contributed by atoms with Gasteiger partial charge in [-0.2, -0.15) is 0 Å². The number of carbonyl (C=O) groups excluding carboxylic acids is 1. The highest BCUT2D eigenvalue weighted by Gasteiger charge is 2.18. The lowest BCUT2D eigenvalue weighted by molar-refractivity contribution is 0.0959. The van der Waals surface area contributed by atoms with E-state index in [1.165, 1.54) is 30.3 Å². The summed E-state index contributed by atoms with van der Waals surface area (Å²) in [6, 6.07) is 8.76. The Morgan fingerprint density at radius 3 is 2.17 bits per heavy atom. The van der Waals surface area contributed by atoms with E-state index >= 15 is 0 Å². The summed E-state index contributed by atoms with van der Waals surface area (Å²) < 4.78 is 23.4. The number of sulfone groups is 1. The van der Waals surface area contributed by atoms with Crippen LogP contribution in [0.5, 0.6) is 0 Å². The highest BCUT2D eigenvalue weighted by molar-refractivity contribution is 7.90. The van der Waals surface area contributed by atoms with Crippen LogP contribution >= 0.6 is 34.8 Å². The van der Waals surface area contributed by atoms with Crippen molar-refractivity contribution in [3.63, 3.8) is 0 Å². The van der Waals surface area contributed by atoms with E-state index in [2.05, 4.69) is 10.9 Å². The van der Waals surface area contributed by atoms with Crippen LogP contribution in [-0.2, 0) is 9.84 Å². The fourth-order valence-electron chi connectivity index (χ4n) is 1.83. The Morgan fingerprint density at radius 2 is 1.61 bits per heavy atom. The van der Waals surface area contributed by atoms with Gasteiger partial charge in [-0.15, -0.1) is 0 Å². The first kappa shape index (κ1) is 17.9. The summed E-state index contributed by atoms with van der Waals surface area (Å²) in [6.45, 7) is 0. The minimum absolute atomic E-state index is 0.00343. The molecule has 2 aromatic rings. The Bertz CT molecular complexity index is 846. The molecular weight excluding hydrogens is 383 g/mol. The van der Waals surface area contributed by atoms with Crippen molar-refractivity contribution in [1.29, 1.82) is 0 Å². The van der Waals surface area contributed by atoms with Crippen LogP contribution in [0, 0.1) is 0 Å². The number of halogens is 3. The Labute approximate surface area is 148 Å². The van der Waals surface area contributed by atoms with Crippen LogP contribution in [0.25, 0.3) is 0 Å². The maximum absolute atomic E-state index is 12.2. The maximum atomic E-state index is 12.2. The third-order valence-electron chi connectivity index (χ3n) is 2.84. The molecule has 0 heterocycles. The minimum Gasteiger partial charge on any atom is -0.295 e. The molecule has 5 nitrogen and oxygen atoms in total. The number of hydrazine groups is 1. The summed E-state index contributed by atoms with van der Waals surface area (Å²) in [7, 11) is -3.54. The van der Waals surface area contributed by atoms with Crippen molar-refractivity contribution >= 4 is 56.2 Å². The van der Waals surface area contributed by atoms with Crippen molar-refractivity contribution in [3.05, 3.63) is 57.0 Å². The largest absolute Gasteiger partial charge is 0.295 e. The molecule has 0 unspecified atom stereocenters. The standard InChI is InChI=1S/C14H11Cl3N2O3S/c1-23(21,22)12-5-3-2-4-9(12)14(20)19-18-13-10(16)6-8(15)7-11(13)17/h2-7,18H,1H3,(H,19,20). The topological polar surface area (TPSA) is 75.3 Å². The highest BCUT2D eigenvalue weighted by atomic mass is 35.5. The monoisotopic (exact) mass is 392 g/mol. The number of hydrogen-bond donors (Lipinski definition) is 2. The second-order valence-corrected chi connectivity index (χ2v) is 7.83. The summed E-state index contributed by atoms with van der Waals surface area (Å²) in [5, 5.41) is 0.762. The summed E-state index contributed by atoms with van der Waals surface area (Å²) in [5.41, 5.74) is 5.19. The molecule has 0 bridgehead atoms. The number of amides is 1. The predicted octanol–water partition coefficient (Wildman–Crippen LogP) is 3.81. The molecule has 1 amide bonds. The van der Waals surface area contributed by atoms with Crippen LogP contribution in [0.15, 0.2) is 41.3 Å². The number of nitrogens with one attached hydrogen (secondary N) is 2. The number of rotatable bonds is 4. The second kappa shape index (κ2) is 6.97. The van der Waals surface area contributed by atoms with Crippen molar-refractivity contribution in [2.45, 2.75) is 4.90 Å². The SMILES string of the molecule is CS(=O)(=O)c1ccccc1C(=O)NNc1c(Cl)cc(Cl)cc1Cl. The zero-order valence-electron chi connectivity index (χ0n) is 11.7. The molecule has 0 aliphatic rings. The molecule has 122 valence electrons. The molecule has 0 aromatic heterocycles. The van der Waals surface area contributed by atoms with Gasteiger partial charge in [-0.3, -0.25) is 15.6 Å². The molecule has 2 aromatic carbocycles. The van der Waals surface area contributed by atoms with E-state index in [1.807, 2.05) is 0 Å². The minimum atomic E-state index is -3.54. The van der Waals surface area contributed by atoms with Gasteiger partial charge in [0.2, 0.25) is 0 Å². The fraction of sp³-hybridized carbons (Fsp3) is 0.0714. The van der Waals surface area contributed by atoms with Gasteiger partial charge in [0.15, 0.2) is 9.84 Å². The van der Waals surface area contributed by atoms with E-state index in [-0.39, 0.29) is 26.2 Å². The molecule has 23 heavy (non-hydrogen) atoms. The van der Waals surface area contributed by atoms with Crippen molar-refractivity contribution in [2.75, 3.05) is 11.7 Å². The Hall–Kier alpha value is -1.47. The lowest BCUT2D eigenvalue weighted by Crippen LogP contribution is -2.30. The van der Waals surface area contributed by atoms with Gasteiger partial charge in [0.25, 0.3) is 5.91 Å². The number of hydrogen-bond acceptors (Lipinski definition) is 4. The summed E-state index contributed by atoms with van der Waals surface area (Å²) in [5.74, 6) is -0.645. The first-order valence-corrected chi connectivity index (χ1v) is 9.22. The molecule has 0 saturated heterocycles. The lowest BCUT2D eigenvalue weighted by atomic mass is 10.2. The summed E-state index contributed by atoms with van der Waals surface area (Å²) in [6.07, 6.45) is 1.03. The average Bonchev–Trinajstić information content (AvgIpc) is 2.45. The van der Waals surface area contributed by atoms with Crippen LogP contribution in [0.1, 0.15) is 10.4 Å². The van der Waals surface area contributed by atoms with Crippen LogP contribution < -0.4 is 10.9 Å². The van der Waals surface area contributed by atoms with Gasteiger partial charge in [-0.1, -0.05) is 46.9 Å². The molecular formula is C14H11Cl3N2O3S. The average molecular weight is 394 g/mol. The zero-order valence-corrected chi connectivity index (χ0v) is 14.8. The fourth-order valence-corrected chi connectivity index (χ4v) is 3.62. The highest BCUT2D eigenvalue weighted by Crippen LogP contribution is 2.33. The van der Waals surface area contributed by atoms with Gasteiger partial charge in [0.05, 0.1) is 26.2 Å². The molecule has 0 radical (unpaired) electrons. The predicted molar refractivity (Wildman–Crippen MR) is 92.1 cm³/mol. The second-order valence-electron chi connectivity index (χ2n) is 4.59. The van der Waals surface area contributed by atoms with Crippen LogP contribution in [0.4, 0.5) is 5.69 Å². The zero-order chi connectivity index (χ0) is 17.2. The molecule has 0 aliphatic heterocycles. The first-order chi connectivity index (χ1) is 10.7. The third kappa shape index (κ3) is 4.29. The molecule has 0 fully saturated rings. The number of anilines is 1. The Balaban J connectivity index is 2.25. The maximum Gasteiger partial charge on any atom is 0.270 e. The normalized spacial score (nSPS) is 11.1. The molecule has 0 atom stereocenters. The van der Waals surface area contributed by atoms with E-state index in [4.69, 9.17) is 34.8 Å². The number of carbonyl (C=O) groups is 1.